The second-order valence-electron chi connectivity index (χ2n) is 6.68. The van der Waals surface area contributed by atoms with Crippen LogP contribution in [0.2, 0.25) is 0 Å². The molecule has 3 heterocycles. The fourth-order valence-electron chi connectivity index (χ4n) is 3.49. The predicted octanol–water partition coefficient (Wildman–Crippen LogP) is 3.39. The van der Waals surface area contributed by atoms with E-state index in [-0.39, 0.29) is 17.8 Å². The van der Waals surface area contributed by atoms with Gasteiger partial charge >= 0.3 is 0 Å². The number of hydrogen-bond donors (Lipinski definition) is 2. The standard InChI is InChI=1S/C20H21FN4O2/c1-11-12(2)25-10-13(20(26)22-3)9-16(19(25)23-11)24-15-7-8-27-17-6-4-5-14(21)18(15)17/h4-6,9-10,15,24H,7-8H2,1-3H3,(H,22,26). The Kier molecular flexibility index (Phi) is 4.22. The molecule has 1 amide bonds. The van der Waals surface area contributed by atoms with Crippen molar-refractivity contribution in [2.45, 2.75) is 26.3 Å². The topological polar surface area (TPSA) is 67.7 Å². The van der Waals surface area contributed by atoms with Crippen molar-refractivity contribution in [1.82, 2.24) is 14.7 Å². The molecule has 0 radical (unpaired) electrons. The van der Waals surface area contributed by atoms with Gasteiger partial charge in [0.2, 0.25) is 0 Å². The van der Waals surface area contributed by atoms with Gasteiger partial charge in [-0.05, 0) is 32.0 Å². The van der Waals surface area contributed by atoms with Gasteiger partial charge in [-0.3, -0.25) is 4.79 Å². The molecule has 6 nitrogen and oxygen atoms in total. The number of aromatic nitrogens is 2. The number of rotatable bonds is 3. The Morgan fingerprint density at radius 3 is 2.96 bits per heavy atom. The first-order chi connectivity index (χ1) is 13.0. The minimum atomic E-state index is -0.307. The highest BCUT2D eigenvalue weighted by Gasteiger charge is 2.26. The first kappa shape index (κ1) is 17.3. The molecule has 2 N–H and O–H groups in total. The van der Waals surface area contributed by atoms with E-state index in [1.165, 1.54) is 6.07 Å². The lowest BCUT2D eigenvalue weighted by Gasteiger charge is -2.28. The lowest BCUT2D eigenvalue weighted by molar-refractivity contribution is 0.0962. The molecule has 140 valence electrons. The third kappa shape index (κ3) is 2.89. The summed E-state index contributed by atoms with van der Waals surface area (Å²) in [6, 6.07) is 6.34. The van der Waals surface area contributed by atoms with Gasteiger partial charge in [0.1, 0.15) is 11.6 Å². The molecular formula is C20H21FN4O2. The van der Waals surface area contributed by atoms with E-state index in [1.807, 2.05) is 18.2 Å². The smallest absolute Gasteiger partial charge is 0.252 e. The third-order valence-corrected chi connectivity index (χ3v) is 5.04. The van der Waals surface area contributed by atoms with Gasteiger partial charge in [0, 0.05) is 25.4 Å². The summed E-state index contributed by atoms with van der Waals surface area (Å²) in [6.07, 6.45) is 2.39. The number of carbonyl (C=O) groups is 1. The van der Waals surface area contributed by atoms with E-state index >= 15 is 0 Å². The Hall–Kier alpha value is -3.09. The van der Waals surface area contributed by atoms with Gasteiger partial charge in [0.05, 0.1) is 35.2 Å². The van der Waals surface area contributed by atoms with E-state index in [1.54, 1.807) is 31.4 Å². The maximum atomic E-state index is 14.5. The summed E-state index contributed by atoms with van der Waals surface area (Å²) in [7, 11) is 1.59. The molecule has 1 aliphatic heterocycles. The minimum Gasteiger partial charge on any atom is -0.493 e. The minimum absolute atomic E-state index is 0.190. The van der Waals surface area contributed by atoms with Gasteiger partial charge in [0.25, 0.3) is 5.91 Å². The highest BCUT2D eigenvalue weighted by Crippen LogP contribution is 2.37. The van der Waals surface area contributed by atoms with Gasteiger partial charge in [-0.2, -0.15) is 0 Å². The molecule has 1 aliphatic rings. The Bertz CT molecular complexity index is 1040. The number of nitrogens with one attached hydrogen (secondary N) is 2. The van der Waals surface area contributed by atoms with Gasteiger partial charge in [-0.15, -0.1) is 0 Å². The first-order valence-electron chi connectivity index (χ1n) is 8.88. The number of hydrogen-bond acceptors (Lipinski definition) is 4. The summed E-state index contributed by atoms with van der Waals surface area (Å²) in [5.41, 5.74) is 4.25. The molecule has 0 fully saturated rings. The van der Waals surface area contributed by atoms with Crippen LogP contribution in [-0.2, 0) is 0 Å². The summed E-state index contributed by atoms with van der Waals surface area (Å²) >= 11 is 0. The highest BCUT2D eigenvalue weighted by molar-refractivity contribution is 5.95. The van der Waals surface area contributed by atoms with Crippen molar-refractivity contribution >= 4 is 17.2 Å². The average Bonchev–Trinajstić information content (AvgIpc) is 2.96. The second-order valence-corrected chi connectivity index (χ2v) is 6.68. The van der Waals surface area contributed by atoms with Crippen LogP contribution in [0.1, 0.15) is 39.8 Å². The summed E-state index contributed by atoms with van der Waals surface area (Å²) in [6.45, 7) is 4.37. The van der Waals surface area contributed by atoms with Crippen LogP contribution in [-0.4, -0.2) is 28.9 Å². The number of nitrogens with zero attached hydrogens (tertiary/aromatic N) is 2. The molecule has 3 aromatic rings. The molecule has 0 spiro atoms. The van der Waals surface area contributed by atoms with E-state index in [0.717, 1.165) is 11.4 Å². The number of carbonyl (C=O) groups excluding carboxylic acids is 1. The number of amides is 1. The summed E-state index contributed by atoms with van der Waals surface area (Å²) in [4.78, 5) is 16.8. The van der Waals surface area contributed by atoms with Gasteiger partial charge in [-0.25, -0.2) is 9.37 Å². The zero-order valence-corrected chi connectivity index (χ0v) is 15.5. The van der Waals surface area contributed by atoms with Crippen LogP contribution in [0.4, 0.5) is 10.1 Å². The summed E-state index contributed by atoms with van der Waals surface area (Å²) < 4.78 is 22.0. The molecule has 1 unspecified atom stereocenters. The fraction of sp³-hybridized carbons (Fsp3) is 0.300. The van der Waals surface area contributed by atoms with E-state index < -0.39 is 0 Å². The van der Waals surface area contributed by atoms with Crippen LogP contribution in [0.25, 0.3) is 5.65 Å². The van der Waals surface area contributed by atoms with Gasteiger partial charge in [0.15, 0.2) is 5.65 Å². The lowest BCUT2D eigenvalue weighted by Crippen LogP contribution is -2.23. The van der Waals surface area contributed by atoms with E-state index in [4.69, 9.17) is 4.74 Å². The van der Waals surface area contributed by atoms with E-state index in [2.05, 4.69) is 15.6 Å². The molecule has 4 rings (SSSR count). The van der Waals surface area contributed by atoms with Crippen molar-refractivity contribution in [3.8, 4) is 5.75 Å². The van der Waals surface area contributed by atoms with Gasteiger partial charge in [-0.1, -0.05) is 6.07 Å². The molecule has 0 saturated heterocycles. The normalized spacial score (nSPS) is 15.9. The zero-order chi connectivity index (χ0) is 19.1. The quantitative estimate of drug-likeness (QED) is 0.744. The van der Waals surface area contributed by atoms with Crippen LogP contribution < -0.4 is 15.4 Å². The molecule has 1 atom stereocenters. The number of pyridine rings is 1. The Labute approximate surface area is 156 Å². The van der Waals surface area contributed by atoms with E-state index in [9.17, 15) is 9.18 Å². The molecule has 1 aromatic carbocycles. The summed E-state index contributed by atoms with van der Waals surface area (Å²) in [5, 5.41) is 6.04. The molecule has 27 heavy (non-hydrogen) atoms. The maximum Gasteiger partial charge on any atom is 0.252 e. The van der Waals surface area contributed by atoms with Crippen molar-refractivity contribution in [3.05, 3.63) is 58.8 Å². The fourth-order valence-corrected chi connectivity index (χ4v) is 3.49. The molecule has 7 heteroatoms. The Balaban J connectivity index is 1.83. The number of anilines is 1. The van der Waals surface area contributed by atoms with Crippen molar-refractivity contribution in [2.24, 2.45) is 0 Å². The molecular weight excluding hydrogens is 347 g/mol. The van der Waals surface area contributed by atoms with Crippen molar-refractivity contribution in [1.29, 1.82) is 0 Å². The largest absolute Gasteiger partial charge is 0.493 e. The number of imidazole rings is 1. The molecule has 0 aliphatic carbocycles. The Morgan fingerprint density at radius 2 is 2.19 bits per heavy atom. The second kappa shape index (κ2) is 6.57. The third-order valence-electron chi connectivity index (χ3n) is 5.04. The molecule has 0 bridgehead atoms. The van der Waals surface area contributed by atoms with Crippen molar-refractivity contribution in [3.63, 3.8) is 0 Å². The van der Waals surface area contributed by atoms with Gasteiger partial charge < -0.3 is 19.8 Å². The number of ether oxygens (including phenoxy) is 1. The maximum absolute atomic E-state index is 14.5. The highest BCUT2D eigenvalue weighted by atomic mass is 19.1. The van der Waals surface area contributed by atoms with Crippen molar-refractivity contribution in [2.75, 3.05) is 19.0 Å². The van der Waals surface area contributed by atoms with Crippen LogP contribution in [0.5, 0.6) is 5.75 Å². The first-order valence-corrected chi connectivity index (χ1v) is 8.88. The van der Waals surface area contributed by atoms with Crippen LogP contribution in [0, 0.1) is 19.7 Å². The van der Waals surface area contributed by atoms with E-state index in [0.29, 0.717) is 41.2 Å². The monoisotopic (exact) mass is 368 g/mol. The Morgan fingerprint density at radius 1 is 1.37 bits per heavy atom. The number of aryl methyl sites for hydroxylation is 2. The number of benzene rings is 1. The predicted molar refractivity (Wildman–Crippen MR) is 101 cm³/mol. The SMILES string of the molecule is CNC(=O)c1cc(NC2CCOc3cccc(F)c32)c2nc(C)c(C)n2c1. The lowest BCUT2D eigenvalue weighted by atomic mass is 9.99. The van der Waals surface area contributed by atoms with Crippen molar-refractivity contribution < 1.29 is 13.9 Å². The number of fused-ring (bicyclic) bond motifs is 2. The summed E-state index contributed by atoms with van der Waals surface area (Å²) in [5.74, 6) is 0.0519. The van der Waals surface area contributed by atoms with Crippen LogP contribution in [0.3, 0.4) is 0 Å². The zero-order valence-electron chi connectivity index (χ0n) is 15.5. The average molecular weight is 368 g/mol. The molecule has 2 aromatic heterocycles. The molecule has 0 saturated carbocycles. The number of halogens is 1. The van der Waals surface area contributed by atoms with Crippen LogP contribution >= 0.6 is 0 Å². The van der Waals surface area contributed by atoms with Crippen LogP contribution in [0.15, 0.2) is 30.5 Å².